The average molecular weight is 221 g/mol. The molecule has 1 aliphatic carbocycles. The molecule has 0 atom stereocenters. The maximum atomic E-state index is 11.9. The lowest BCUT2D eigenvalue weighted by Crippen LogP contribution is -2.24. The van der Waals surface area contributed by atoms with E-state index in [1.54, 1.807) is 16.8 Å². The zero-order chi connectivity index (χ0) is 10.9. The van der Waals surface area contributed by atoms with Crippen molar-refractivity contribution in [2.75, 3.05) is 0 Å². The average Bonchev–Trinajstić information content (AvgIpc) is 2.61. The van der Waals surface area contributed by atoms with Crippen LogP contribution in [0, 0.1) is 5.41 Å². The summed E-state index contributed by atoms with van der Waals surface area (Å²) in [7, 11) is 0. The van der Waals surface area contributed by atoms with Crippen LogP contribution >= 0.6 is 11.3 Å². The molecule has 0 amide bonds. The highest BCUT2D eigenvalue weighted by Gasteiger charge is 2.29. The number of aromatic nitrogens is 1. The third-order valence-corrected chi connectivity index (χ3v) is 3.56. The van der Waals surface area contributed by atoms with Crippen molar-refractivity contribution in [2.45, 2.75) is 33.1 Å². The van der Waals surface area contributed by atoms with E-state index in [1.807, 2.05) is 12.3 Å². The molecule has 0 N–H and O–H groups in total. The predicted molar refractivity (Wildman–Crippen MR) is 62.7 cm³/mol. The van der Waals surface area contributed by atoms with Crippen molar-refractivity contribution in [1.82, 2.24) is 4.98 Å². The fourth-order valence-electron chi connectivity index (χ4n) is 1.87. The second-order valence-electron chi connectivity index (χ2n) is 4.84. The highest BCUT2D eigenvalue weighted by atomic mass is 32.1. The Labute approximate surface area is 94.0 Å². The van der Waals surface area contributed by atoms with E-state index in [0.29, 0.717) is 12.2 Å². The summed E-state index contributed by atoms with van der Waals surface area (Å²) >= 11 is 1.58. The van der Waals surface area contributed by atoms with Crippen LogP contribution < -0.4 is 0 Å². The number of Topliss-reactive ketones (excluding diaryl/α,β-unsaturated/α-hetero) is 1. The number of carbonyl (C=O) groups excluding carboxylic acids is 1. The smallest absolute Gasteiger partial charge is 0.159 e. The molecule has 3 heteroatoms. The number of ketones is 1. The van der Waals surface area contributed by atoms with Crippen LogP contribution in [0.3, 0.4) is 0 Å². The van der Waals surface area contributed by atoms with Gasteiger partial charge in [0.25, 0.3) is 0 Å². The zero-order valence-corrected chi connectivity index (χ0v) is 9.93. The van der Waals surface area contributed by atoms with Crippen LogP contribution in [0.25, 0.3) is 6.08 Å². The molecule has 15 heavy (non-hydrogen) atoms. The fraction of sp³-hybridized carbons (Fsp3) is 0.500. The predicted octanol–water partition coefficient (Wildman–Crippen LogP) is 3.31. The molecule has 0 aliphatic heterocycles. The molecular weight excluding hydrogens is 206 g/mol. The van der Waals surface area contributed by atoms with E-state index >= 15 is 0 Å². The lowest BCUT2D eigenvalue weighted by molar-refractivity contribution is -0.118. The van der Waals surface area contributed by atoms with Gasteiger partial charge >= 0.3 is 0 Å². The van der Waals surface area contributed by atoms with Crippen LogP contribution in [0.15, 0.2) is 17.3 Å². The first-order chi connectivity index (χ1) is 7.07. The number of allylic oxidation sites excluding steroid dienone is 1. The molecule has 0 spiro atoms. The van der Waals surface area contributed by atoms with Crippen LogP contribution in [0.4, 0.5) is 0 Å². The normalized spacial score (nSPS) is 23.3. The second kappa shape index (κ2) is 3.89. The molecule has 1 aromatic heterocycles. The van der Waals surface area contributed by atoms with Gasteiger partial charge in [0.15, 0.2) is 5.78 Å². The van der Waals surface area contributed by atoms with Gasteiger partial charge in [-0.25, -0.2) is 0 Å². The maximum absolute atomic E-state index is 11.9. The summed E-state index contributed by atoms with van der Waals surface area (Å²) in [6, 6.07) is 0. The van der Waals surface area contributed by atoms with E-state index in [2.05, 4.69) is 18.8 Å². The fourth-order valence-corrected chi connectivity index (χ4v) is 2.45. The van der Waals surface area contributed by atoms with Gasteiger partial charge in [0.1, 0.15) is 0 Å². The summed E-state index contributed by atoms with van der Waals surface area (Å²) in [6.07, 6.45) is 6.49. The van der Waals surface area contributed by atoms with E-state index in [-0.39, 0.29) is 5.41 Å². The van der Waals surface area contributed by atoms with Crippen LogP contribution in [0.2, 0.25) is 0 Å². The Morgan fingerprint density at radius 3 is 2.93 bits per heavy atom. The largest absolute Gasteiger partial charge is 0.295 e. The lowest BCUT2D eigenvalue weighted by Gasteiger charge is -2.29. The Morgan fingerprint density at radius 1 is 1.53 bits per heavy atom. The monoisotopic (exact) mass is 221 g/mol. The summed E-state index contributed by atoms with van der Waals surface area (Å²) in [5, 5.41) is 0. The van der Waals surface area contributed by atoms with Crippen molar-refractivity contribution in [1.29, 1.82) is 0 Å². The molecule has 1 fully saturated rings. The first-order valence-electron chi connectivity index (χ1n) is 5.19. The van der Waals surface area contributed by atoms with Crippen molar-refractivity contribution in [3.8, 4) is 0 Å². The third kappa shape index (κ3) is 2.53. The van der Waals surface area contributed by atoms with Gasteiger partial charge in [-0.1, -0.05) is 13.8 Å². The van der Waals surface area contributed by atoms with E-state index < -0.39 is 0 Å². The molecule has 0 bridgehead atoms. The minimum absolute atomic E-state index is 0.183. The minimum Gasteiger partial charge on any atom is -0.295 e. The van der Waals surface area contributed by atoms with Crippen LogP contribution in [-0.4, -0.2) is 10.8 Å². The molecule has 1 saturated carbocycles. The quantitative estimate of drug-likeness (QED) is 0.681. The maximum Gasteiger partial charge on any atom is 0.159 e. The first kappa shape index (κ1) is 10.6. The number of nitrogens with zero attached hydrogens (tertiary/aromatic N) is 1. The standard InChI is InChI=1S/C12H15NOS/c1-12(2)4-3-9(11(14)6-12)5-10-7-13-8-15-10/h5,7-8H,3-4,6H2,1-2H3/b9-5-. The molecule has 0 radical (unpaired) electrons. The molecule has 80 valence electrons. The van der Waals surface area contributed by atoms with Gasteiger partial charge in [-0.2, -0.15) is 0 Å². The summed E-state index contributed by atoms with van der Waals surface area (Å²) in [5.74, 6) is 0.305. The van der Waals surface area contributed by atoms with Crippen LogP contribution in [-0.2, 0) is 4.79 Å². The summed E-state index contributed by atoms with van der Waals surface area (Å²) in [5.41, 5.74) is 2.95. The molecule has 1 heterocycles. The van der Waals surface area contributed by atoms with E-state index in [0.717, 1.165) is 23.3 Å². The van der Waals surface area contributed by atoms with Crippen molar-refractivity contribution in [3.63, 3.8) is 0 Å². The number of thiazole rings is 1. The van der Waals surface area contributed by atoms with Gasteiger partial charge < -0.3 is 0 Å². The van der Waals surface area contributed by atoms with Crippen molar-refractivity contribution < 1.29 is 4.79 Å². The Kier molecular flexibility index (Phi) is 2.74. The molecule has 0 unspecified atom stereocenters. The van der Waals surface area contributed by atoms with Gasteiger partial charge in [-0.15, -0.1) is 11.3 Å². The van der Waals surface area contributed by atoms with Gasteiger partial charge in [0.2, 0.25) is 0 Å². The van der Waals surface area contributed by atoms with Crippen LogP contribution in [0.5, 0.6) is 0 Å². The summed E-state index contributed by atoms with van der Waals surface area (Å²) in [6.45, 7) is 4.32. The molecular formula is C12H15NOS. The van der Waals surface area contributed by atoms with E-state index in [4.69, 9.17) is 0 Å². The third-order valence-electron chi connectivity index (χ3n) is 2.84. The number of hydrogen-bond acceptors (Lipinski definition) is 3. The van der Waals surface area contributed by atoms with Gasteiger partial charge in [0.05, 0.1) is 5.51 Å². The Morgan fingerprint density at radius 2 is 2.33 bits per heavy atom. The molecule has 1 aromatic rings. The second-order valence-corrected chi connectivity index (χ2v) is 5.76. The van der Waals surface area contributed by atoms with E-state index in [1.165, 1.54) is 0 Å². The number of carbonyl (C=O) groups is 1. The van der Waals surface area contributed by atoms with Crippen molar-refractivity contribution in [2.24, 2.45) is 5.41 Å². The molecule has 2 nitrogen and oxygen atoms in total. The van der Waals surface area contributed by atoms with Gasteiger partial charge in [-0.3, -0.25) is 9.78 Å². The highest BCUT2D eigenvalue weighted by molar-refractivity contribution is 7.10. The molecule has 0 aromatic carbocycles. The first-order valence-corrected chi connectivity index (χ1v) is 6.07. The van der Waals surface area contributed by atoms with Crippen LogP contribution in [0.1, 0.15) is 38.0 Å². The van der Waals surface area contributed by atoms with Gasteiger partial charge in [-0.05, 0) is 29.9 Å². The zero-order valence-electron chi connectivity index (χ0n) is 9.12. The molecule has 0 saturated heterocycles. The van der Waals surface area contributed by atoms with E-state index in [9.17, 15) is 4.79 Å². The molecule has 2 rings (SSSR count). The van der Waals surface area contributed by atoms with Crippen molar-refractivity contribution in [3.05, 3.63) is 22.2 Å². The Bertz CT molecular complexity index is 390. The SMILES string of the molecule is CC1(C)CC/C(=C/c2cncs2)C(=O)C1. The summed E-state index contributed by atoms with van der Waals surface area (Å²) in [4.78, 5) is 16.9. The highest BCUT2D eigenvalue weighted by Crippen LogP contribution is 2.36. The Hall–Kier alpha value is -0.960. The van der Waals surface area contributed by atoms with Gasteiger partial charge in [0, 0.05) is 17.5 Å². The minimum atomic E-state index is 0.183. The number of hydrogen-bond donors (Lipinski definition) is 0. The summed E-state index contributed by atoms with van der Waals surface area (Å²) < 4.78 is 0. The molecule has 1 aliphatic rings. The topological polar surface area (TPSA) is 30.0 Å². The number of rotatable bonds is 1. The Balaban J connectivity index is 2.16. The lowest BCUT2D eigenvalue weighted by atomic mass is 9.75. The van der Waals surface area contributed by atoms with Crippen molar-refractivity contribution >= 4 is 23.2 Å².